The summed E-state index contributed by atoms with van der Waals surface area (Å²) in [5.41, 5.74) is 5.08. The standard InChI is InChI=1S/C30H33ClO4/c1-3-21-11-13-22(14-12-21)16-24-17-26-28(18-27(24)31)35-29(32-2)30(26)25(10-7-15-34-30)20-33-19-23-8-5-4-6-9-23/h4-6,8-9,11-14,17-18,25,29H,3,7,10,15-16,19-20H2,1-2H3. The van der Waals surface area contributed by atoms with Crippen LogP contribution in [-0.2, 0) is 39.3 Å². The lowest BCUT2D eigenvalue weighted by molar-refractivity contribution is -0.244. The Balaban J connectivity index is 1.43. The Hall–Kier alpha value is -2.37. The van der Waals surface area contributed by atoms with Crippen molar-refractivity contribution in [3.63, 3.8) is 0 Å². The van der Waals surface area contributed by atoms with Gasteiger partial charge in [0, 0.05) is 30.2 Å². The van der Waals surface area contributed by atoms with Crippen LogP contribution in [0.3, 0.4) is 0 Å². The van der Waals surface area contributed by atoms with Gasteiger partial charge in [0.1, 0.15) is 5.75 Å². The summed E-state index contributed by atoms with van der Waals surface area (Å²) < 4.78 is 24.9. The van der Waals surface area contributed by atoms with E-state index < -0.39 is 11.9 Å². The molecular weight excluding hydrogens is 460 g/mol. The molecule has 5 rings (SSSR count). The summed E-state index contributed by atoms with van der Waals surface area (Å²) in [6.45, 7) is 3.96. The normalized spacial score (nSPS) is 23.3. The number of hydrogen-bond donors (Lipinski definition) is 0. The van der Waals surface area contributed by atoms with Crippen molar-refractivity contribution in [2.24, 2.45) is 5.92 Å². The van der Waals surface area contributed by atoms with Crippen molar-refractivity contribution >= 4 is 11.6 Å². The Morgan fingerprint density at radius 3 is 2.51 bits per heavy atom. The van der Waals surface area contributed by atoms with Crippen LogP contribution in [0.2, 0.25) is 5.02 Å². The Labute approximate surface area is 213 Å². The maximum Gasteiger partial charge on any atom is 0.233 e. The molecule has 3 aromatic rings. The van der Waals surface area contributed by atoms with Crippen molar-refractivity contribution in [1.82, 2.24) is 0 Å². The Bertz CT molecular complexity index is 1130. The van der Waals surface area contributed by atoms with E-state index in [2.05, 4.69) is 49.4 Å². The molecule has 2 aliphatic rings. The Kier molecular flexibility index (Phi) is 7.45. The molecule has 184 valence electrons. The molecule has 3 unspecified atom stereocenters. The second-order valence-electron chi connectivity index (χ2n) is 9.45. The maximum absolute atomic E-state index is 6.74. The zero-order chi connectivity index (χ0) is 24.3. The summed E-state index contributed by atoms with van der Waals surface area (Å²) in [7, 11) is 1.68. The van der Waals surface area contributed by atoms with Crippen molar-refractivity contribution < 1.29 is 18.9 Å². The maximum atomic E-state index is 6.74. The molecule has 5 heteroatoms. The van der Waals surface area contributed by atoms with Gasteiger partial charge in [-0.3, -0.25) is 0 Å². The van der Waals surface area contributed by atoms with Crippen LogP contribution >= 0.6 is 11.6 Å². The predicted molar refractivity (Wildman–Crippen MR) is 138 cm³/mol. The number of methoxy groups -OCH3 is 1. The van der Waals surface area contributed by atoms with Gasteiger partial charge in [-0.25, -0.2) is 0 Å². The summed E-state index contributed by atoms with van der Waals surface area (Å²) >= 11 is 6.74. The van der Waals surface area contributed by atoms with E-state index in [0.29, 0.717) is 24.8 Å². The van der Waals surface area contributed by atoms with Crippen LogP contribution in [0.4, 0.5) is 0 Å². The smallest absolute Gasteiger partial charge is 0.233 e. The van der Waals surface area contributed by atoms with Crippen LogP contribution in [0.1, 0.15) is 47.6 Å². The highest BCUT2D eigenvalue weighted by atomic mass is 35.5. The van der Waals surface area contributed by atoms with Gasteiger partial charge in [0.25, 0.3) is 0 Å². The fourth-order valence-electron chi connectivity index (χ4n) is 5.37. The quantitative estimate of drug-likeness (QED) is 0.350. The van der Waals surface area contributed by atoms with Crippen LogP contribution in [0.25, 0.3) is 0 Å². The van der Waals surface area contributed by atoms with E-state index in [1.54, 1.807) is 7.11 Å². The molecule has 1 saturated heterocycles. The second-order valence-corrected chi connectivity index (χ2v) is 9.86. The minimum Gasteiger partial charge on any atom is -0.461 e. The molecule has 0 bridgehead atoms. The van der Waals surface area contributed by atoms with E-state index in [9.17, 15) is 0 Å². The number of benzene rings is 3. The summed E-state index contributed by atoms with van der Waals surface area (Å²) in [6.07, 6.45) is 3.20. The topological polar surface area (TPSA) is 36.9 Å². The summed E-state index contributed by atoms with van der Waals surface area (Å²) in [6, 6.07) is 23.1. The molecule has 0 radical (unpaired) electrons. The zero-order valence-electron chi connectivity index (χ0n) is 20.5. The largest absolute Gasteiger partial charge is 0.461 e. The predicted octanol–water partition coefficient (Wildman–Crippen LogP) is 6.70. The van der Waals surface area contributed by atoms with Gasteiger partial charge >= 0.3 is 0 Å². The first kappa shape index (κ1) is 24.3. The zero-order valence-corrected chi connectivity index (χ0v) is 21.2. The van der Waals surface area contributed by atoms with Crippen molar-refractivity contribution in [2.45, 2.75) is 51.1 Å². The van der Waals surface area contributed by atoms with E-state index in [-0.39, 0.29) is 5.92 Å². The lowest BCUT2D eigenvalue weighted by Gasteiger charge is -2.43. The van der Waals surface area contributed by atoms with Gasteiger partial charge < -0.3 is 18.9 Å². The van der Waals surface area contributed by atoms with Crippen LogP contribution < -0.4 is 4.74 Å². The average molecular weight is 493 g/mol. The van der Waals surface area contributed by atoms with E-state index in [1.165, 1.54) is 11.1 Å². The Morgan fingerprint density at radius 1 is 1.00 bits per heavy atom. The van der Waals surface area contributed by atoms with E-state index in [4.69, 9.17) is 30.5 Å². The third-order valence-electron chi connectivity index (χ3n) is 7.27. The molecule has 2 heterocycles. The third kappa shape index (κ3) is 4.85. The van der Waals surface area contributed by atoms with E-state index in [1.807, 2.05) is 24.3 Å². The molecule has 0 aromatic heterocycles. The average Bonchev–Trinajstić information content (AvgIpc) is 3.19. The number of ether oxygens (including phenoxy) is 4. The van der Waals surface area contributed by atoms with E-state index in [0.717, 1.165) is 48.1 Å². The molecule has 3 aromatic carbocycles. The third-order valence-corrected chi connectivity index (χ3v) is 7.62. The molecule has 1 spiro atoms. The first-order chi connectivity index (χ1) is 17.1. The van der Waals surface area contributed by atoms with Crippen molar-refractivity contribution in [2.75, 3.05) is 20.3 Å². The fraction of sp³-hybridized carbons (Fsp3) is 0.400. The van der Waals surface area contributed by atoms with Gasteiger partial charge in [0.05, 0.1) is 13.2 Å². The lowest BCUT2D eigenvalue weighted by Crippen LogP contribution is -2.51. The molecule has 3 atom stereocenters. The number of hydrogen-bond acceptors (Lipinski definition) is 4. The van der Waals surface area contributed by atoms with Gasteiger partial charge in [-0.15, -0.1) is 0 Å². The van der Waals surface area contributed by atoms with Gasteiger partial charge in [0.2, 0.25) is 6.29 Å². The highest BCUT2D eigenvalue weighted by Crippen LogP contribution is 2.53. The monoisotopic (exact) mass is 492 g/mol. The molecule has 0 saturated carbocycles. The van der Waals surface area contributed by atoms with Gasteiger partial charge in [-0.2, -0.15) is 0 Å². The fourth-order valence-corrected chi connectivity index (χ4v) is 5.59. The molecule has 1 fully saturated rings. The van der Waals surface area contributed by atoms with Gasteiger partial charge in [-0.05, 0) is 60.1 Å². The minimum absolute atomic E-state index is 0.101. The van der Waals surface area contributed by atoms with E-state index >= 15 is 0 Å². The van der Waals surface area contributed by atoms with Gasteiger partial charge in [0.15, 0.2) is 5.60 Å². The number of fused-ring (bicyclic) bond motifs is 2. The molecule has 0 aliphatic carbocycles. The van der Waals surface area contributed by atoms with Crippen molar-refractivity contribution in [3.8, 4) is 5.75 Å². The molecule has 0 N–H and O–H groups in total. The van der Waals surface area contributed by atoms with Crippen LogP contribution in [0.15, 0.2) is 66.7 Å². The number of halogens is 1. The van der Waals surface area contributed by atoms with Crippen molar-refractivity contribution in [3.05, 3.63) is 99.6 Å². The van der Waals surface area contributed by atoms with Crippen LogP contribution in [0.5, 0.6) is 5.75 Å². The second kappa shape index (κ2) is 10.7. The molecule has 2 aliphatic heterocycles. The van der Waals surface area contributed by atoms with Crippen LogP contribution in [-0.4, -0.2) is 26.6 Å². The molecule has 35 heavy (non-hydrogen) atoms. The molecule has 4 nitrogen and oxygen atoms in total. The van der Waals surface area contributed by atoms with Crippen LogP contribution in [0, 0.1) is 5.92 Å². The highest BCUT2D eigenvalue weighted by Gasteiger charge is 2.57. The highest BCUT2D eigenvalue weighted by molar-refractivity contribution is 6.31. The number of aryl methyl sites for hydroxylation is 1. The Morgan fingerprint density at radius 2 is 1.77 bits per heavy atom. The summed E-state index contributed by atoms with van der Waals surface area (Å²) in [4.78, 5) is 0. The molecular formula is C30H33ClO4. The summed E-state index contributed by atoms with van der Waals surface area (Å²) in [5, 5.41) is 0.697. The minimum atomic E-state index is -0.718. The SMILES string of the molecule is CCc1ccc(Cc2cc3c(cc2Cl)OC(OC)C32OCCCC2COCc2ccccc2)cc1. The first-order valence-electron chi connectivity index (χ1n) is 12.5. The lowest BCUT2D eigenvalue weighted by atomic mass is 9.77. The number of rotatable bonds is 8. The summed E-state index contributed by atoms with van der Waals surface area (Å²) in [5.74, 6) is 0.839. The molecule has 0 amide bonds. The van der Waals surface area contributed by atoms with Gasteiger partial charge in [-0.1, -0.05) is 73.1 Å². The first-order valence-corrected chi connectivity index (χ1v) is 12.9. The van der Waals surface area contributed by atoms with Crippen molar-refractivity contribution in [1.29, 1.82) is 0 Å².